The minimum atomic E-state index is -3.70. The maximum absolute atomic E-state index is 10.8. The molecule has 0 aliphatic carbocycles. The third-order valence-corrected chi connectivity index (χ3v) is 2.65. The first-order valence-corrected chi connectivity index (χ1v) is 5.45. The Kier molecular flexibility index (Phi) is 2.77. The molecule has 0 amide bonds. The predicted molar refractivity (Wildman–Crippen MR) is 48.3 cm³/mol. The first-order valence-electron chi connectivity index (χ1n) is 3.14. The average molecular weight is 218 g/mol. The van der Waals surface area contributed by atoms with Crippen LogP contribution < -0.4 is 0 Å². The summed E-state index contributed by atoms with van der Waals surface area (Å²) < 4.78 is 21.5. The van der Waals surface area contributed by atoms with E-state index in [0.717, 1.165) is 0 Å². The fourth-order valence-corrected chi connectivity index (χ4v) is 1.50. The second-order valence-electron chi connectivity index (χ2n) is 2.12. The zero-order valence-electron chi connectivity index (χ0n) is 6.25. The highest BCUT2D eigenvalue weighted by molar-refractivity contribution is 8.13. The van der Waals surface area contributed by atoms with Crippen molar-refractivity contribution in [3.8, 4) is 0 Å². The molecule has 0 fully saturated rings. The van der Waals surface area contributed by atoms with E-state index in [0.29, 0.717) is 5.69 Å². The molecule has 0 atom stereocenters. The predicted octanol–water partition coefficient (Wildman–Crippen LogP) is 2.56. The number of nitrogens with zero attached hydrogens (tertiary/aromatic N) is 3. The van der Waals surface area contributed by atoms with Crippen LogP contribution in [0.4, 0.5) is 5.69 Å². The Morgan fingerprint density at radius 3 is 2.23 bits per heavy atom. The highest BCUT2D eigenvalue weighted by Gasteiger charge is 2.07. The van der Waals surface area contributed by atoms with Crippen LogP contribution >= 0.6 is 10.7 Å². The fraction of sp³-hybridized carbons (Fsp3) is 0. The Labute approximate surface area is 79.0 Å². The lowest BCUT2D eigenvalue weighted by molar-refractivity contribution is 0.609. The van der Waals surface area contributed by atoms with E-state index in [4.69, 9.17) is 16.2 Å². The molecule has 0 aliphatic rings. The number of halogens is 1. The molecule has 0 radical (unpaired) electrons. The summed E-state index contributed by atoms with van der Waals surface area (Å²) in [5, 5.41) is 3.27. The summed E-state index contributed by atoms with van der Waals surface area (Å²) >= 11 is 0. The lowest BCUT2D eigenvalue weighted by Gasteiger charge is -1.94. The minimum absolute atomic E-state index is 0.0222. The molecule has 13 heavy (non-hydrogen) atoms. The molecule has 0 aliphatic heterocycles. The van der Waals surface area contributed by atoms with Gasteiger partial charge < -0.3 is 0 Å². The second-order valence-corrected chi connectivity index (χ2v) is 4.69. The van der Waals surface area contributed by atoms with Gasteiger partial charge in [0.1, 0.15) is 0 Å². The largest absolute Gasteiger partial charge is 0.261 e. The van der Waals surface area contributed by atoms with Crippen molar-refractivity contribution in [1.82, 2.24) is 0 Å². The number of benzene rings is 1. The number of hydrogen-bond acceptors (Lipinski definition) is 3. The molecule has 0 heterocycles. The quantitative estimate of drug-likeness (QED) is 0.330. The topological polar surface area (TPSA) is 82.9 Å². The average Bonchev–Trinajstić information content (AvgIpc) is 2.04. The normalized spacial score (nSPS) is 10.5. The van der Waals surface area contributed by atoms with E-state index in [-0.39, 0.29) is 4.90 Å². The number of azide groups is 1. The summed E-state index contributed by atoms with van der Waals surface area (Å²) in [5.41, 5.74) is 8.40. The molecule has 0 saturated carbocycles. The van der Waals surface area contributed by atoms with Crippen LogP contribution in [-0.2, 0) is 9.05 Å². The van der Waals surface area contributed by atoms with E-state index in [2.05, 4.69) is 10.0 Å². The molecule has 5 nitrogen and oxygen atoms in total. The van der Waals surface area contributed by atoms with Crippen LogP contribution in [0.1, 0.15) is 0 Å². The highest BCUT2D eigenvalue weighted by Crippen LogP contribution is 2.19. The third kappa shape index (κ3) is 2.62. The van der Waals surface area contributed by atoms with Crippen LogP contribution in [0.15, 0.2) is 34.3 Å². The van der Waals surface area contributed by atoms with E-state index in [1.807, 2.05) is 0 Å². The maximum atomic E-state index is 10.8. The van der Waals surface area contributed by atoms with Gasteiger partial charge in [0.2, 0.25) is 0 Å². The van der Waals surface area contributed by atoms with Crippen molar-refractivity contribution in [2.45, 2.75) is 4.90 Å². The van der Waals surface area contributed by atoms with Gasteiger partial charge in [-0.3, -0.25) is 0 Å². The van der Waals surface area contributed by atoms with Crippen LogP contribution in [0.5, 0.6) is 0 Å². The molecular weight excluding hydrogens is 214 g/mol. The van der Waals surface area contributed by atoms with Crippen molar-refractivity contribution in [1.29, 1.82) is 0 Å². The summed E-state index contributed by atoms with van der Waals surface area (Å²) in [7, 11) is 1.36. The molecule has 0 spiro atoms. The summed E-state index contributed by atoms with van der Waals surface area (Å²) in [6.07, 6.45) is 0. The van der Waals surface area contributed by atoms with Crippen molar-refractivity contribution < 1.29 is 8.42 Å². The molecule has 1 aromatic carbocycles. The van der Waals surface area contributed by atoms with E-state index >= 15 is 0 Å². The summed E-state index contributed by atoms with van der Waals surface area (Å²) in [6.45, 7) is 0. The molecule has 1 rings (SSSR count). The monoisotopic (exact) mass is 217 g/mol. The van der Waals surface area contributed by atoms with Gasteiger partial charge in [-0.05, 0) is 17.7 Å². The van der Waals surface area contributed by atoms with E-state index in [1.165, 1.54) is 24.3 Å². The van der Waals surface area contributed by atoms with Crippen LogP contribution in [0.3, 0.4) is 0 Å². The molecule has 68 valence electrons. The molecule has 1 aromatic rings. The van der Waals surface area contributed by atoms with Gasteiger partial charge in [-0.25, -0.2) is 8.42 Å². The van der Waals surface area contributed by atoms with Crippen LogP contribution in [0, 0.1) is 0 Å². The van der Waals surface area contributed by atoms with Crippen LogP contribution in [-0.4, -0.2) is 8.42 Å². The van der Waals surface area contributed by atoms with Crippen molar-refractivity contribution in [2.24, 2.45) is 5.11 Å². The third-order valence-electron chi connectivity index (χ3n) is 1.28. The van der Waals surface area contributed by atoms with Gasteiger partial charge in [0.25, 0.3) is 9.05 Å². The van der Waals surface area contributed by atoms with Crippen molar-refractivity contribution >= 4 is 25.4 Å². The smallest absolute Gasteiger partial charge is 0.207 e. The lowest BCUT2D eigenvalue weighted by Crippen LogP contribution is -1.88. The van der Waals surface area contributed by atoms with Crippen LogP contribution in [0.25, 0.3) is 10.4 Å². The second kappa shape index (κ2) is 3.66. The molecule has 7 heteroatoms. The molecule has 0 bridgehead atoms. The SMILES string of the molecule is [N-]=[N+]=Nc1ccc(S(=O)(=O)Cl)cc1. The molecular formula is C6H4ClN3O2S. The Bertz CT molecular complexity index is 447. The van der Waals surface area contributed by atoms with Gasteiger partial charge in [0, 0.05) is 21.3 Å². The summed E-state index contributed by atoms with van der Waals surface area (Å²) in [6, 6.07) is 5.28. The maximum Gasteiger partial charge on any atom is 0.261 e. The van der Waals surface area contributed by atoms with Crippen molar-refractivity contribution in [3.05, 3.63) is 34.7 Å². The molecule has 0 saturated heterocycles. The molecule has 0 N–H and O–H groups in total. The Hall–Kier alpha value is -1.23. The van der Waals surface area contributed by atoms with Gasteiger partial charge in [-0.2, -0.15) is 0 Å². The van der Waals surface area contributed by atoms with Crippen molar-refractivity contribution in [3.63, 3.8) is 0 Å². The highest BCUT2D eigenvalue weighted by atomic mass is 35.7. The molecule has 0 unspecified atom stereocenters. The Balaban J connectivity index is 3.15. The number of hydrogen-bond donors (Lipinski definition) is 0. The first kappa shape index (κ1) is 9.85. The van der Waals surface area contributed by atoms with Gasteiger partial charge >= 0.3 is 0 Å². The summed E-state index contributed by atoms with van der Waals surface area (Å²) in [5.74, 6) is 0. The lowest BCUT2D eigenvalue weighted by atomic mass is 10.3. The first-order chi connectivity index (χ1) is 6.04. The van der Waals surface area contributed by atoms with E-state index in [1.54, 1.807) is 0 Å². The zero-order chi connectivity index (χ0) is 9.90. The van der Waals surface area contributed by atoms with Gasteiger partial charge in [-0.15, -0.1) is 0 Å². The van der Waals surface area contributed by atoms with E-state index in [9.17, 15) is 8.42 Å². The van der Waals surface area contributed by atoms with Gasteiger partial charge in [0.05, 0.1) is 4.90 Å². The van der Waals surface area contributed by atoms with Gasteiger partial charge in [-0.1, -0.05) is 17.2 Å². The Morgan fingerprint density at radius 1 is 1.31 bits per heavy atom. The van der Waals surface area contributed by atoms with Crippen molar-refractivity contribution in [2.75, 3.05) is 0 Å². The number of rotatable bonds is 2. The zero-order valence-corrected chi connectivity index (χ0v) is 7.83. The fourth-order valence-electron chi connectivity index (χ4n) is 0.727. The minimum Gasteiger partial charge on any atom is -0.207 e. The molecule has 0 aromatic heterocycles. The standard InChI is InChI=1S/C6H4ClN3O2S/c7-13(11,12)6-3-1-5(2-4-6)9-10-8/h1-4H. The summed E-state index contributed by atoms with van der Waals surface area (Å²) in [4.78, 5) is 2.52. The van der Waals surface area contributed by atoms with Crippen LogP contribution in [0.2, 0.25) is 0 Å². The Morgan fingerprint density at radius 2 is 1.85 bits per heavy atom. The van der Waals surface area contributed by atoms with Gasteiger partial charge in [0.15, 0.2) is 0 Å². The van der Waals surface area contributed by atoms with E-state index < -0.39 is 9.05 Å².